The second-order valence-corrected chi connectivity index (χ2v) is 7.43. The van der Waals surface area contributed by atoms with Gasteiger partial charge in [-0.25, -0.2) is 4.79 Å². The molecule has 0 spiro atoms. The Morgan fingerprint density at radius 2 is 1.83 bits per heavy atom. The normalized spacial score (nSPS) is 12.2. The first kappa shape index (κ1) is 19.6. The van der Waals surface area contributed by atoms with Crippen LogP contribution < -0.4 is 5.19 Å². The molecule has 0 N–H and O–H groups in total. The molecular formula is C18H28O4Si. The van der Waals surface area contributed by atoms with Gasteiger partial charge in [0.25, 0.3) is 0 Å². The number of rotatable bonds is 10. The summed E-state index contributed by atoms with van der Waals surface area (Å²) in [6.07, 6.45) is 1.44. The summed E-state index contributed by atoms with van der Waals surface area (Å²) in [6, 6.07) is 8.22. The first-order valence-electron chi connectivity index (χ1n) is 8.17. The summed E-state index contributed by atoms with van der Waals surface area (Å²) in [4.78, 5) is 11.6. The summed E-state index contributed by atoms with van der Waals surface area (Å²) in [6.45, 7) is 12.4. The molecule has 0 aliphatic heterocycles. The lowest BCUT2D eigenvalue weighted by Crippen LogP contribution is -2.39. The molecule has 0 saturated heterocycles. The summed E-state index contributed by atoms with van der Waals surface area (Å²) in [5, 5.41) is 1.18. The van der Waals surface area contributed by atoms with Crippen molar-refractivity contribution in [2.45, 2.75) is 46.6 Å². The maximum absolute atomic E-state index is 11.6. The zero-order valence-corrected chi connectivity index (χ0v) is 15.8. The van der Waals surface area contributed by atoms with Gasteiger partial charge in [-0.15, -0.1) is 0 Å². The van der Waals surface area contributed by atoms with Gasteiger partial charge in [0.2, 0.25) is 0 Å². The first-order chi connectivity index (χ1) is 11.0. The molecule has 1 rings (SSSR count). The second kappa shape index (κ2) is 10.4. The largest absolute Gasteiger partial charge is 0.459 e. The molecule has 0 radical (unpaired) electrons. The predicted octanol–water partition coefficient (Wildman–Crippen LogP) is 2.63. The van der Waals surface area contributed by atoms with Gasteiger partial charge in [-0.05, 0) is 51.3 Å². The van der Waals surface area contributed by atoms with Gasteiger partial charge in [0.05, 0.1) is 6.10 Å². The van der Waals surface area contributed by atoms with Crippen molar-refractivity contribution in [1.29, 1.82) is 0 Å². The third-order valence-corrected chi connectivity index (χ3v) is 5.77. The van der Waals surface area contributed by atoms with E-state index in [0.717, 1.165) is 12.8 Å². The van der Waals surface area contributed by atoms with E-state index in [1.54, 1.807) is 6.92 Å². The Balaban J connectivity index is 2.73. The minimum absolute atomic E-state index is 0.147. The Morgan fingerprint density at radius 1 is 1.22 bits per heavy atom. The fourth-order valence-electron chi connectivity index (χ4n) is 2.22. The third kappa shape index (κ3) is 6.68. The Hall–Kier alpha value is -1.43. The van der Waals surface area contributed by atoms with Gasteiger partial charge in [0, 0.05) is 18.8 Å². The van der Waals surface area contributed by atoms with Crippen LogP contribution in [0.25, 0.3) is 0 Å². The van der Waals surface area contributed by atoms with Crippen LogP contribution in [0.15, 0.2) is 36.4 Å². The lowest BCUT2D eigenvalue weighted by Gasteiger charge is -2.19. The minimum atomic E-state index is -1.86. The molecule has 5 heteroatoms. The predicted molar refractivity (Wildman–Crippen MR) is 95.2 cm³/mol. The standard InChI is InChI=1S/C18H28O4Si/c1-6-20-23(21-7-2)17-11-9-8-10-16(17)13-12-15(5)22-18(19)14(3)4/h8-11,15,23H,3,6-7,12-13H2,1-2,4-5H3. The van der Waals surface area contributed by atoms with Crippen LogP contribution in [0, 0.1) is 0 Å². The number of carbonyl (C=O) groups is 1. The van der Waals surface area contributed by atoms with Crippen molar-refractivity contribution in [3.05, 3.63) is 42.0 Å². The summed E-state index contributed by atoms with van der Waals surface area (Å²) in [7, 11) is -1.86. The third-order valence-electron chi connectivity index (χ3n) is 3.42. The Kier molecular flexibility index (Phi) is 8.84. The summed E-state index contributed by atoms with van der Waals surface area (Å²) < 4.78 is 17.0. The van der Waals surface area contributed by atoms with Crippen LogP contribution in [0.3, 0.4) is 0 Å². The molecule has 0 fully saturated rings. The molecule has 0 heterocycles. The lowest BCUT2D eigenvalue weighted by molar-refractivity contribution is -0.143. The van der Waals surface area contributed by atoms with Crippen LogP contribution in [0.4, 0.5) is 0 Å². The number of ether oxygens (including phenoxy) is 1. The topological polar surface area (TPSA) is 44.8 Å². The van der Waals surface area contributed by atoms with Crippen molar-refractivity contribution in [1.82, 2.24) is 0 Å². The fourth-order valence-corrected chi connectivity index (χ4v) is 4.10. The molecule has 23 heavy (non-hydrogen) atoms. The van der Waals surface area contributed by atoms with E-state index in [-0.39, 0.29) is 12.1 Å². The van der Waals surface area contributed by atoms with E-state index in [2.05, 4.69) is 18.7 Å². The second-order valence-electron chi connectivity index (χ2n) is 5.48. The molecule has 0 bridgehead atoms. The van der Waals surface area contributed by atoms with Gasteiger partial charge >= 0.3 is 15.3 Å². The van der Waals surface area contributed by atoms with Crippen LogP contribution in [-0.4, -0.2) is 34.6 Å². The smallest absolute Gasteiger partial charge is 0.356 e. The zero-order valence-electron chi connectivity index (χ0n) is 14.6. The highest BCUT2D eigenvalue weighted by Crippen LogP contribution is 2.09. The summed E-state index contributed by atoms with van der Waals surface area (Å²) in [5.74, 6) is -0.332. The molecule has 4 nitrogen and oxygen atoms in total. The van der Waals surface area contributed by atoms with Gasteiger partial charge in [0.15, 0.2) is 0 Å². The highest BCUT2D eigenvalue weighted by Gasteiger charge is 2.19. The van der Waals surface area contributed by atoms with Gasteiger partial charge in [-0.3, -0.25) is 0 Å². The fraction of sp³-hybridized carbons (Fsp3) is 0.500. The molecule has 0 aliphatic rings. The van der Waals surface area contributed by atoms with Gasteiger partial charge in [0.1, 0.15) is 0 Å². The quantitative estimate of drug-likeness (QED) is 0.374. The van der Waals surface area contributed by atoms with E-state index in [9.17, 15) is 4.79 Å². The Bertz CT molecular complexity index is 509. The van der Waals surface area contributed by atoms with Crippen molar-refractivity contribution in [3.8, 4) is 0 Å². The minimum Gasteiger partial charge on any atom is -0.459 e. The van der Waals surface area contributed by atoms with E-state index in [0.29, 0.717) is 18.8 Å². The van der Waals surface area contributed by atoms with Gasteiger partial charge in [-0.2, -0.15) is 0 Å². The number of hydrogen-bond acceptors (Lipinski definition) is 4. The molecule has 1 aromatic carbocycles. The molecule has 1 atom stereocenters. The average Bonchev–Trinajstić information content (AvgIpc) is 2.53. The molecular weight excluding hydrogens is 308 g/mol. The summed E-state index contributed by atoms with van der Waals surface area (Å²) in [5.41, 5.74) is 1.64. The summed E-state index contributed by atoms with van der Waals surface area (Å²) >= 11 is 0. The number of carbonyl (C=O) groups excluding carboxylic acids is 1. The zero-order chi connectivity index (χ0) is 17.2. The Labute approximate surface area is 141 Å². The highest BCUT2D eigenvalue weighted by molar-refractivity contribution is 6.61. The van der Waals surface area contributed by atoms with E-state index < -0.39 is 9.28 Å². The van der Waals surface area contributed by atoms with Crippen LogP contribution in [0.2, 0.25) is 0 Å². The molecule has 128 valence electrons. The lowest BCUT2D eigenvalue weighted by atomic mass is 10.1. The first-order valence-corrected chi connectivity index (χ1v) is 9.69. The van der Waals surface area contributed by atoms with Gasteiger partial charge in [-0.1, -0.05) is 30.8 Å². The van der Waals surface area contributed by atoms with Crippen molar-refractivity contribution in [3.63, 3.8) is 0 Å². The van der Waals surface area contributed by atoms with Crippen LogP contribution >= 0.6 is 0 Å². The van der Waals surface area contributed by atoms with Crippen LogP contribution in [0.1, 0.15) is 39.7 Å². The number of benzene rings is 1. The van der Waals surface area contributed by atoms with Crippen LogP contribution in [0.5, 0.6) is 0 Å². The van der Waals surface area contributed by atoms with Crippen LogP contribution in [-0.2, 0) is 24.8 Å². The molecule has 1 unspecified atom stereocenters. The van der Waals surface area contributed by atoms with Crippen molar-refractivity contribution in [2.75, 3.05) is 13.2 Å². The average molecular weight is 337 g/mol. The molecule has 0 amide bonds. The number of aryl methyl sites for hydroxylation is 1. The van der Waals surface area contributed by atoms with Gasteiger partial charge < -0.3 is 13.6 Å². The molecule has 1 aromatic rings. The van der Waals surface area contributed by atoms with E-state index >= 15 is 0 Å². The maximum atomic E-state index is 11.6. The SMILES string of the molecule is C=C(C)C(=O)OC(C)CCc1ccccc1[SiH](OCC)OCC. The van der Waals surface area contributed by atoms with E-state index in [1.165, 1.54) is 10.8 Å². The highest BCUT2D eigenvalue weighted by atomic mass is 28.3. The van der Waals surface area contributed by atoms with E-state index in [4.69, 9.17) is 13.6 Å². The van der Waals surface area contributed by atoms with Crippen molar-refractivity contribution >= 4 is 20.4 Å². The molecule has 0 aromatic heterocycles. The molecule has 0 saturated carbocycles. The maximum Gasteiger partial charge on any atom is 0.356 e. The molecule has 0 aliphatic carbocycles. The van der Waals surface area contributed by atoms with E-state index in [1.807, 2.05) is 32.9 Å². The number of hydrogen-bond donors (Lipinski definition) is 0. The number of esters is 1. The monoisotopic (exact) mass is 336 g/mol. The van der Waals surface area contributed by atoms with Crippen molar-refractivity contribution in [2.24, 2.45) is 0 Å². The van der Waals surface area contributed by atoms with Crippen molar-refractivity contribution < 1.29 is 18.4 Å². The Morgan fingerprint density at radius 3 is 2.39 bits per heavy atom.